The number of likely N-dealkylation sites (tertiary alicyclic amines) is 1. The Morgan fingerprint density at radius 1 is 1.17 bits per heavy atom. The highest BCUT2D eigenvalue weighted by Crippen LogP contribution is 2.59. The monoisotopic (exact) mass is 479 g/mol. The van der Waals surface area contributed by atoms with Crippen LogP contribution >= 0.6 is 0 Å². The van der Waals surface area contributed by atoms with Gasteiger partial charge >= 0.3 is 0 Å². The molecule has 3 fully saturated rings. The molecule has 5 rings (SSSR count). The molecule has 2 bridgehead atoms. The number of fused-ring (bicyclic) bond motifs is 2. The van der Waals surface area contributed by atoms with Crippen LogP contribution in [-0.2, 0) is 19.1 Å². The molecule has 0 radical (unpaired) electrons. The molecule has 3 saturated heterocycles. The molecule has 3 amide bonds. The van der Waals surface area contributed by atoms with E-state index in [0.29, 0.717) is 24.9 Å². The number of ether oxygens (including phenoxy) is 1. The van der Waals surface area contributed by atoms with E-state index in [0.717, 1.165) is 10.8 Å². The molecule has 186 valence electrons. The zero-order valence-electron chi connectivity index (χ0n) is 20.4. The number of hydrogen-bond donors (Lipinski definition) is 3. The van der Waals surface area contributed by atoms with Gasteiger partial charge in [0.1, 0.15) is 11.6 Å². The Hall–Kier alpha value is -2.97. The third-order valence-corrected chi connectivity index (χ3v) is 7.90. The third-order valence-electron chi connectivity index (χ3n) is 7.90. The summed E-state index contributed by atoms with van der Waals surface area (Å²) in [6.45, 7) is 3.77. The van der Waals surface area contributed by atoms with E-state index >= 15 is 0 Å². The highest BCUT2D eigenvalue weighted by molar-refractivity contribution is 6.04. The summed E-state index contributed by atoms with van der Waals surface area (Å²) in [5, 5.41) is 18.0. The summed E-state index contributed by atoms with van der Waals surface area (Å²) in [6, 6.07) is 12.1. The van der Waals surface area contributed by atoms with Crippen LogP contribution in [-0.4, -0.2) is 65.2 Å². The predicted molar refractivity (Wildman–Crippen MR) is 131 cm³/mol. The van der Waals surface area contributed by atoms with E-state index in [9.17, 15) is 19.5 Å². The van der Waals surface area contributed by atoms with Gasteiger partial charge in [0.05, 0.1) is 30.6 Å². The largest absolute Gasteiger partial charge is 0.394 e. The summed E-state index contributed by atoms with van der Waals surface area (Å²) >= 11 is 0. The summed E-state index contributed by atoms with van der Waals surface area (Å²) in [7, 11) is 1.55. The molecule has 3 aliphatic rings. The van der Waals surface area contributed by atoms with Crippen molar-refractivity contribution in [1.82, 2.24) is 10.2 Å². The van der Waals surface area contributed by atoms with Gasteiger partial charge in [0.2, 0.25) is 17.7 Å². The third kappa shape index (κ3) is 3.70. The number of rotatable bonds is 7. The van der Waals surface area contributed by atoms with Gasteiger partial charge in [0.25, 0.3) is 0 Å². The number of nitrogens with zero attached hydrogens (tertiary/aromatic N) is 1. The number of aliphatic hydroxyl groups excluding tert-OH is 1. The Bertz CT molecular complexity index is 1170. The van der Waals surface area contributed by atoms with Crippen LogP contribution in [0.25, 0.3) is 10.8 Å². The number of aliphatic hydroxyl groups is 1. The van der Waals surface area contributed by atoms with Gasteiger partial charge in [-0.1, -0.05) is 44.2 Å². The molecule has 3 heterocycles. The van der Waals surface area contributed by atoms with Crippen molar-refractivity contribution in [3.63, 3.8) is 0 Å². The Morgan fingerprint density at radius 2 is 1.91 bits per heavy atom. The maximum atomic E-state index is 13.9. The van der Waals surface area contributed by atoms with Crippen molar-refractivity contribution in [2.75, 3.05) is 19.0 Å². The maximum Gasteiger partial charge on any atom is 0.250 e. The second kappa shape index (κ2) is 8.91. The zero-order chi connectivity index (χ0) is 24.9. The average Bonchev–Trinajstić information content (AvgIpc) is 3.49. The summed E-state index contributed by atoms with van der Waals surface area (Å²) in [6.07, 6.45) is 1.29. The molecule has 3 N–H and O–H groups in total. The normalized spacial score (nSPS) is 30.1. The van der Waals surface area contributed by atoms with Gasteiger partial charge in [0.15, 0.2) is 0 Å². The van der Waals surface area contributed by atoms with Gasteiger partial charge in [-0.25, -0.2) is 0 Å². The number of benzene rings is 2. The van der Waals surface area contributed by atoms with E-state index in [1.54, 1.807) is 7.05 Å². The molecule has 2 aromatic carbocycles. The minimum absolute atomic E-state index is 0.203. The molecule has 0 saturated carbocycles. The number of anilines is 1. The standard InChI is InChI=1S/C27H33N3O5/c1-15(2)12-19(14-31)30-23(25(33)29-18-9-8-16-6-4-5-7-17(16)13-18)27-11-10-20(35-27)21(24(32)28-3)22(27)26(30)34/h4-9,13,15,19-23,31H,10-12,14H2,1-3H3,(H,28,32)(H,29,33)/t19-,20-,21+,22+,23?,27?/m1/s1. The van der Waals surface area contributed by atoms with Crippen LogP contribution in [0.2, 0.25) is 0 Å². The smallest absolute Gasteiger partial charge is 0.250 e. The van der Waals surface area contributed by atoms with Gasteiger partial charge in [-0.3, -0.25) is 14.4 Å². The Labute approximate surface area is 205 Å². The van der Waals surface area contributed by atoms with E-state index in [1.807, 2.05) is 56.3 Å². The van der Waals surface area contributed by atoms with Crippen molar-refractivity contribution < 1.29 is 24.2 Å². The first-order valence-electron chi connectivity index (χ1n) is 12.4. The lowest BCUT2D eigenvalue weighted by Crippen LogP contribution is -2.56. The van der Waals surface area contributed by atoms with Gasteiger partial charge in [-0.2, -0.15) is 0 Å². The van der Waals surface area contributed by atoms with Crippen LogP contribution in [0.4, 0.5) is 5.69 Å². The topological polar surface area (TPSA) is 108 Å². The second-order valence-corrected chi connectivity index (χ2v) is 10.4. The lowest BCUT2D eigenvalue weighted by Gasteiger charge is -2.37. The van der Waals surface area contributed by atoms with Crippen LogP contribution < -0.4 is 10.6 Å². The van der Waals surface area contributed by atoms with Gasteiger partial charge in [0, 0.05) is 12.7 Å². The molecule has 2 unspecified atom stereocenters. The molecule has 0 aromatic heterocycles. The average molecular weight is 480 g/mol. The van der Waals surface area contributed by atoms with Gasteiger partial charge in [-0.05, 0) is 48.1 Å². The van der Waals surface area contributed by atoms with Crippen molar-refractivity contribution in [1.29, 1.82) is 0 Å². The first kappa shape index (κ1) is 23.8. The van der Waals surface area contributed by atoms with E-state index in [4.69, 9.17) is 4.74 Å². The minimum Gasteiger partial charge on any atom is -0.394 e. The Balaban J connectivity index is 1.54. The van der Waals surface area contributed by atoms with Crippen molar-refractivity contribution >= 4 is 34.2 Å². The number of carbonyl (C=O) groups excluding carboxylic acids is 3. The zero-order valence-corrected chi connectivity index (χ0v) is 20.4. The molecule has 8 nitrogen and oxygen atoms in total. The van der Waals surface area contributed by atoms with Crippen LogP contribution in [0.5, 0.6) is 0 Å². The van der Waals surface area contributed by atoms with Crippen molar-refractivity contribution in [2.45, 2.75) is 56.9 Å². The molecule has 2 aromatic rings. The molecule has 8 heteroatoms. The fourth-order valence-corrected chi connectivity index (χ4v) is 6.55. The van der Waals surface area contributed by atoms with Crippen LogP contribution in [0.15, 0.2) is 42.5 Å². The molecule has 3 aliphatic heterocycles. The first-order valence-corrected chi connectivity index (χ1v) is 12.4. The minimum atomic E-state index is -1.08. The molecule has 35 heavy (non-hydrogen) atoms. The summed E-state index contributed by atoms with van der Waals surface area (Å²) in [4.78, 5) is 42.1. The van der Waals surface area contributed by atoms with Crippen molar-refractivity contribution in [2.24, 2.45) is 17.8 Å². The summed E-state index contributed by atoms with van der Waals surface area (Å²) < 4.78 is 6.40. The van der Waals surface area contributed by atoms with E-state index in [-0.39, 0.29) is 36.4 Å². The van der Waals surface area contributed by atoms with E-state index in [1.165, 1.54) is 4.90 Å². The highest BCUT2D eigenvalue weighted by Gasteiger charge is 2.75. The van der Waals surface area contributed by atoms with Gasteiger partial charge < -0.3 is 25.4 Å². The predicted octanol–water partition coefficient (Wildman–Crippen LogP) is 2.31. The van der Waals surface area contributed by atoms with E-state index in [2.05, 4.69) is 10.6 Å². The molecule has 1 spiro atoms. The maximum absolute atomic E-state index is 13.9. The number of hydrogen-bond acceptors (Lipinski definition) is 5. The lowest BCUT2D eigenvalue weighted by molar-refractivity contribution is -0.144. The molecular formula is C27H33N3O5. The van der Waals surface area contributed by atoms with Crippen molar-refractivity contribution in [3.05, 3.63) is 42.5 Å². The Kier molecular flexibility index (Phi) is 6.05. The summed E-state index contributed by atoms with van der Waals surface area (Å²) in [5.74, 6) is -2.05. The molecule has 0 aliphatic carbocycles. The van der Waals surface area contributed by atoms with Gasteiger partial charge in [-0.15, -0.1) is 0 Å². The van der Waals surface area contributed by atoms with Crippen molar-refractivity contribution in [3.8, 4) is 0 Å². The second-order valence-electron chi connectivity index (χ2n) is 10.4. The first-order chi connectivity index (χ1) is 16.8. The summed E-state index contributed by atoms with van der Waals surface area (Å²) in [5.41, 5.74) is -0.453. The Morgan fingerprint density at radius 3 is 2.60 bits per heavy atom. The molecular weight excluding hydrogens is 446 g/mol. The van der Waals surface area contributed by atoms with Crippen LogP contribution in [0.1, 0.15) is 33.1 Å². The molecule has 6 atom stereocenters. The van der Waals surface area contributed by atoms with Crippen LogP contribution in [0.3, 0.4) is 0 Å². The van der Waals surface area contributed by atoms with E-state index < -0.39 is 29.5 Å². The lowest BCUT2D eigenvalue weighted by atomic mass is 9.70. The fraction of sp³-hybridized carbons (Fsp3) is 0.519. The fourth-order valence-electron chi connectivity index (χ4n) is 6.55. The van der Waals surface area contributed by atoms with Crippen LogP contribution in [0, 0.1) is 17.8 Å². The number of nitrogens with one attached hydrogen (secondary N) is 2. The highest BCUT2D eigenvalue weighted by atomic mass is 16.5. The number of carbonyl (C=O) groups is 3. The quantitative estimate of drug-likeness (QED) is 0.565. The SMILES string of the molecule is CNC(=O)[C@@H]1[C@H]2C(=O)N([C@@H](CO)CC(C)C)C(C(=O)Nc3ccc4ccccc4c3)C23CC[C@H]1O3. The number of amides is 3.